The minimum atomic E-state index is 0.466. The summed E-state index contributed by atoms with van der Waals surface area (Å²) < 4.78 is 2.28. The molecule has 0 unspecified atom stereocenters. The van der Waals surface area contributed by atoms with Gasteiger partial charge in [-0.15, -0.1) is 0 Å². The van der Waals surface area contributed by atoms with Crippen molar-refractivity contribution >= 4 is 10.8 Å². The minimum absolute atomic E-state index is 0.466. The topological polar surface area (TPSA) is 3.88 Å². The summed E-state index contributed by atoms with van der Waals surface area (Å²) in [5.74, 6) is 1.46. The smallest absolute Gasteiger partial charge is 0.200 e. The lowest BCUT2D eigenvalue weighted by atomic mass is 9.80. The molecule has 0 amide bonds. The molecule has 0 bridgehead atoms. The van der Waals surface area contributed by atoms with Gasteiger partial charge < -0.3 is 0 Å². The Morgan fingerprint density at radius 1 is 0.676 bits per heavy atom. The molecule has 4 rings (SSSR count). The van der Waals surface area contributed by atoms with Crippen molar-refractivity contribution in [1.29, 1.82) is 0 Å². The summed E-state index contributed by atoms with van der Waals surface area (Å²) in [6.45, 7) is 18.5. The average Bonchev–Trinajstić information content (AvgIpc) is 2.79. The van der Waals surface area contributed by atoms with Crippen molar-refractivity contribution in [2.24, 2.45) is 7.05 Å². The molecule has 0 spiro atoms. The van der Waals surface area contributed by atoms with Crippen molar-refractivity contribution in [1.82, 2.24) is 0 Å². The summed E-state index contributed by atoms with van der Waals surface area (Å²) in [4.78, 5) is 0. The van der Waals surface area contributed by atoms with E-state index in [-0.39, 0.29) is 0 Å². The zero-order valence-electron chi connectivity index (χ0n) is 22.5. The van der Waals surface area contributed by atoms with E-state index in [1.54, 1.807) is 0 Å². The number of pyridine rings is 1. The first-order valence-electron chi connectivity index (χ1n) is 12.8. The SMILES string of the molecule is Cc1cc(-c2c(C(C)C)cc(C(C)C)cc2C(C)C)cc(-c2cc3ccccc3c[n+]2C)c1C. The molecule has 3 aromatic carbocycles. The van der Waals surface area contributed by atoms with E-state index in [0.29, 0.717) is 17.8 Å². The van der Waals surface area contributed by atoms with E-state index in [4.69, 9.17) is 0 Å². The zero-order valence-corrected chi connectivity index (χ0v) is 22.5. The quantitative estimate of drug-likeness (QED) is 0.267. The summed E-state index contributed by atoms with van der Waals surface area (Å²) in [6.07, 6.45) is 2.25. The molecule has 0 N–H and O–H groups in total. The molecule has 0 saturated heterocycles. The summed E-state index contributed by atoms with van der Waals surface area (Å²) >= 11 is 0. The van der Waals surface area contributed by atoms with Gasteiger partial charge in [-0.25, -0.2) is 4.57 Å². The predicted octanol–water partition coefficient (Wildman–Crippen LogP) is 8.99. The van der Waals surface area contributed by atoms with Crippen molar-refractivity contribution in [3.05, 3.63) is 88.6 Å². The van der Waals surface area contributed by atoms with Crippen LogP contribution in [-0.2, 0) is 7.05 Å². The Labute approximate surface area is 206 Å². The highest BCUT2D eigenvalue weighted by atomic mass is 14.9. The van der Waals surface area contributed by atoms with Crippen molar-refractivity contribution in [3.8, 4) is 22.4 Å². The molecule has 1 heterocycles. The first-order chi connectivity index (χ1) is 16.1. The van der Waals surface area contributed by atoms with Crippen LogP contribution in [-0.4, -0.2) is 0 Å². The standard InChI is InChI=1S/C33H40N/c1-20(2)27-15-29(21(3)4)33(30(16-27)22(5)6)28-14-23(7)24(8)31(17-28)32-18-25-12-10-11-13-26(25)19-34(32)9/h10-22H,1-9H3/q+1. The minimum Gasteiger partial charge on any atom is -0.200 e. The van der Waals surface area contributed by atoms with E-state index in [0.717, 1.165) is 0 Å². The second-order valence-corrected chi connectivity index (χ2v) is 10.9. The maximum Gasteiger partial charge on any atom is 0.213 e. The van der Waals surface area contributed by atoms with Gasteiger partial charge in [0, 0.05) is 17.0 Å². The number of hydrogen-bond donors (Lipinski definition) is 0. The Bertz CT molecular complexity index is 1330. The lowest BCUT2D eigenvalue weighted by molar-refractivity contribution is -0.659. The Balaban J connectivity index is 2.03. The molecule has 0 atom stereocenters. The van der Waals surface area contributed by atoms with Gasteiger partial charge in [0.05, 0.1) is 0 Å². The Kier molecular flexibility index (Phi) is 6.67. The third-order valence-corrected chi connectivity index (χ3v) is 7.37. The van der Waals surface area contributed by atoms with Crippen LogP contribution in [0.4, 0.5) is 0 Å². The predicted molar refractivity (Wildman–Crippen MR) is 148 cm³/mol. The molecule has 0 saturated carbocycles. The first-order valence-corrected chi connectivity index (χ1v) is 12.8. The first kappa shape index (κ1) is 24.2. The van der Waals surface area contributed by atoms with Gasteiger partial charge in [-0.1, -0.05) is 77.9 Å². The van der Waals surface area contributed by atoms with E-state index in [1.165, 1.54) is 61.0 Å². The monoisotopic (exact) mass is 450 g/mol. The van der Waals surface area contributed by atoms with Crippen molar-refractivity contribution < 1.29 is 4.57 Å². The normalized spacial score (nSPS) is 11.9. The van der Waals surface area contributed by atoms with Gasteiger partial charge in [0.15, 0.2) is 6.20 Å². The fourth-order valence-corrected chi connectivity index (χ4v) is 5.11. The Hall–Kier alpha value is -2.93. The lowest BCUT2D eigenvalue weighted by Gasteiger charge is -2.24. The van der Waals surface area contributed by atoms with Crippen molar-refractivity contribution in [3.63, 3.8) is 0 Å². The average molecular weight is 451 g/mol. The van der Waals surface area contributed by atoms with Gasteiger partial charge in [0.25, 0.3) is 0 Å². The second kappa shape index (κ2) is 9.37. The highest BCUT2D eigenvalue weighted by molar-refractivity contribution is 5.86. The van der Waals surface area contributed by atoms with E-state index in [9.17, 15) is 0 Å². The molecule has 176 valence electrons. The Morgan fingerprint density at radius 2 is 1.26 bits per heavy atom. The second-order valence-electron chi connectivity index (χ2n) is 10.9. The summed E-state index contributed by atoms with van der Waals surface area (Å²) in [7, 11) is 2.17. The molecule has 0 radical (unpaired) electrons. The number of rotatable bonds is 5. The van der Waals surface area contributed by atoms with E-state index in [1.807, 2.05) is 0 Å². The molecular weight excluding hydrogens is 410 g/mol. The number of aryl methyl sites for hydroxylation is 2. The molecule has 0 aliphatic heterocycles. The number of benzene rings is 3. The van der Waals surface area contributed by atoms with Gasteiger partial charge in [-0.2, -0.15) is 0 Å². The van der Waals surface area contributed by atoms with Crippen LogP contribution in [0.5, 0.6) is 0 Å². The van der Waals surface area contributed by atoms with Crippen LogP contribution in [0.25, 0.3) is 33.2 Å². The van der Waals surface area contributed by atoms with Crippen molar-refractivity contribution in [2.45, 2.75) is 73.1 Å². The van der Waals surface area contributed by atoms with Gasteiger partial charge in [-0.3, -0.25) is 0 Å². The molecule has 34 heavy (non-hydrogen) atoms. The number of nitrogens with zero attached hydrogens (tertiary/aromatic N) is 1. The molecule has 0 aliphatic rings. The van der Waals surface area contributed by atoms with Gasteiger partial charge in [0.1, 0.15) is 7.05 Å². The molecule has 0 aliphatic carbocycles. The van der Waals surface area contributed by atoms with E-state index >= 15 is 0 Å². The third-order valence-electron chi connectivity index (χ3n) is 7.37. The molecule has 1 heteroatoms. The van der Waals surface area contributed by atoms with Gasteiger partial charge in [0.2, 0.25) is 5.69 Å². The molecule has 1 nitrogen and oxygen atoms in total. The number of hydrogen-bond acceptors (Lipinski definition) is 0. The summed E-state index contributed by atoms with van der Waals surface area (Å²) in [5, 5.41) is 2.55. The van der Waals surface area contributed by atoms with Crippen LogP contribution in [0.15, 0.2) is 60.8 Å². The van der Waals surface area contributed by atoms with E-state index < -0.39 is 0 Å². The summed E-state index contributed by atoms with van der Waals surface area (Å²) in [5.41, 5.74) is 12.4. The fraction of sp³-hybridized carbons (Fsp3) is 0.364. The molecular formula is C33H40N+. The maximum absolute atomic E-state index is 2.46. The van der Waals surface area contributed by atoms with Gasteiger partial charge >= 0.3 is 0 Å². The Morgan fingerprint density at radius 3 is 1.82 bits per heavy atom. The lowest BCUT2D eigenvalue weighted by Crippen LogP contribution is -2.30. The number of aromatic nitrogens is 1. The molecule has 4 aromatic rings. The van der Waals surface area contributed by atoms with Crippen LogP contribution in [0, 0.1) is 13.8 Å². The van der Waals surface area contributed by atoms with Crippen LogP contribution in [0.3, 0.4) is 0 Å². The number of fused-ring (bicyclic) bond motifs is 1. The highest BCUT2D eigenvalue weighted by Gasteiger charge is 2.22. The fourth-order valence-electron chi connectivity index (χ4n) is 5.11. The van der Waals surface area contributed by atoms with Crippen LogP contribution in [0.2, 0.25) is 0 Å². The van der Waals surface area contributed by atoms with Gasteiger partial charge in [-0.05, 0) is 88.1 Å². The largest absolute Gasteiger partial charge is 0.213 e. The third kappa shape index (κ3) is 4.41. The summed E-state index contributed by atoms with van der Waals surface area (Å²) in [6, 6.07) is 20.7. The molecule has 1 aromatic heterocycles. The van der Waals surface area contributed by atoms with Crippen LogP contribution >= 0.6 is 0 Å². The maximum atomic E-state index is 2.46. The van der Waals surface area contributed by atoms with Crippen molar-refractivity contribution in [2.75, 3.05) is 0 Å². The van der Waals surface area contributed by atoms with E-state index in [2.05, 4.69) is 128 Å². The van der Waals surface area contributed by atoms with Crippen LogP contribution < -0.4 is 4.57 Å². The van der Waals surface area contributed by atoms with Crippen LogP contribution in [0.1, 0.15) is 87.1 Å². The highest BCUT2D eigenvalue weighted by Crippen LogP contribution is 2.41. The zero-order chi connectivity index (χ0) is 24.7. The molecule has 0 fully saturated rings.